The van der Waals surface area contributed by atoms with Gasteiger partial charge in [0.1, 0.15) is 6.61 Å². The second kappa shape index (κ2) is 8.03. The van der Waals surface area contributed by atoms with Crippen LogP contribution in [-0.2, 0) is 11.3 Å². The van der Waals surface area contributed by atoms with E-state index in [1.807, 2.05) is 35.2 Å². The number of carbonyl (C=O) groups excluding carboxylic acids is 1. The number of amides is 1. The van der Waals surface area contributed by atoms with Gasteiger partial charge in [-0.15, -0.1) is 0 Å². The van der Waals surface area contributed by atoms with Crippen molar-refractivity contribution >= 4 is 6.09 Å². The second-order valence-corrected chi connectivity index (χ2v) is 5.52. The summed E-state index contributed by atoms with van der Waals surface area (Å²) in [5.41, 5.74) is 1.03. The van der Waals surface area contributed by atoms with E-state index in [1.165, 1.54) is 0 Å². The third-order valence-electron chi connectivity index (χ3n) is 4.18. The molecule has 0 bridgehead atoms. The lowest BCUT2D eigenvalue weighted by molar-refractivity contribution is 0.0848. The Morgan fingerprint density at radius 3 is 2.67 bits per heavy atom. The zero-order chi connectivity index (χ0) is 15.1. The number of ether oxygens (including phenoxy) is 1. The van der Waals surface area contributed by atoms with Crippen LogP contribution in [0.25, 0.3) is 0 Å². The fourth-order valence-corrected chi connectivity index (χ4v) is 2.85. The molecule has 1 aromatic carbocycles. The van der Waals surface area contributed by atoms with Crippen LogP contribution < -0.4 is 0 Å². The van der Waals surface area contributed by atoms with Crippen molar-refractivity contribution in [2.24, 2.45) is 0 Å². The molecule has 1 fully saturated rings. The summed E-state index contributed by atoms with van der Waals surface area (Å²) in [5.74, 6) is 0. The maximum atomic E-state index is 12.3. The van der Waals surface area contributed by atoms with Gasteiger partial charge in [-0.1, -0.05) is 44.2 Å². The molecule has 0 spiro atoms. The van der Waals surface area contributed by atoms with E-state index < -0.39 is 0 Å². The summed E-state index contributed by atoms with van der Waals surface area (Å²) in [4.78, 5) is 16.5. The highest BCUT2D eigenvalue weighted by Crippen LogP contribution is 2.19. The fraction of sp³-hybridized carbons (Fsp3) is 0.588. The van der Waals surface area contributed by atoms with Gasteiger partial charge in [0.15, 0.2) is 0 Å². The number of carbonyl (C=O) groups is 1. The number of hydrogen-bond donors (Lipinski definition) is 0. The Labute approximate surface area is 127 Å². The van der Waals surface area contributed by atoms with Crippen LogP contribution in [0.1, 0.15) is 32.3 Å². The van der Waals surface area contributed by atoms with Crippen LogP contribution in [0.15, 0.2) is 30.3 Å². The number of hydrogen-bond acceptors (Lipinski definition) is 3. The predicted molar refractivity (Wildman–Crippen MR) is 84.1 cm³/mol. The van der Waals surface area contributed by atoms with Crippen LogP contribution in [0.4, 0.5) is 4.79 Å². The monoisotopic (exact) mass is 290 g/mol. The van der Waals surface area contributed by atoms with Crippen LogP contribution in [0.5, 0.6) is 0 Å². The molecular weight excluding hydrogens is 264 g/mol. The van der Waals surface area contributed by atoms with Gasteiger partial charge in [0, 0.05) is 19.1 Å². The first kappa shape index (κ1) is 15.8. The summed E-state index contributed by atoms with van der Waals surface area (Å²) >= 11 is 0. The normalized spacial score (nSPS) is 18.2. The highest BCUT2D eigenvalue weighted by atomic mass is 16.6. The average molecular weight is 290 g/mol. The van der Waals surface area contributed by atoms with E-state index in [0.717, 1.165) is 44.6 Å². The second-order valence-electron chi connectivity index (χ2n) is 5.52. The van der Waals surface area contributed by atoms with Gasteiger partial charge in [-0.05, 0) is 31.5 Å². The lowest BCUT2D eigenvalue weighted by Gasteiger charge is -2.29. The molecule has 0 saturated carbocycles. The highest BCUT2D eigenvalue weighted by Gasteiger charge is 2.30. The van der Waals surface area contributed by atoms with Gasteiger partial charge in [0.2, 0.25) is 0 Å². The smallest absolute Gasteiger partial charge is 0.410 e. The fourth-order valence-electron chi connectivity index (χ4n) is 2.85. The molecule has 0 N–H and O–H groups in total. The van der Waals surface area contributed by atoms with Gasteiger partial charge in [0.25, 0.3) is 0 Å². The van der Waals surface area contributed by atoms with Crippen LogP contribution >= 0.6 is 0 Å². The minimum absolute atomic E-state index is 0.173. The van der Waals surface area contributed by atoms with E-state index >= 15 is 0 Å². The van der Waals surface area contributed by atoms with Crippen LogP contribution in [0, 0.1) is 0 Å². The van der Waals surface area contributed by atoms with Crippen LogP contribution in [-0.4, -0.2) is 48.1 Å². The summed E-state index contributed by atoms with van der Waals surface area (Å²) in [7, 11) is 0. The molecule has 1 saturated heterocycles. The average Bonchev–Trinajstić information content (AvgIpc) is 2.99. The van der Waals surface area contributed by atoms with E-state index in [2.05, 4.69) is 18.7 Å². The van der Waals surface area contributed by atoms with Crippen molar-refractivity contribution in [3.63, 3.8) is 0 Å². The predicted octanol–water partition coefficient (Wildman–Crippen LogP) is 3.13. The first-order chi connectivity index (χ1) is 10.2. The minimum Gasteiger partial charge on any atom is -0.445 e. The summed E-state index contributed by atoms with van der Waals surface area (Å²) in [6.45, 7) is 8.51. The Kier molecular flexibility index (Phi) is 6.05. The molecule has 4 heteroatoms. The third kappa shape index (κ3) is 4.46. The summed E-state index contributed by atoms with van der Waals surface area (Å²) < 4.78 is 5.46. The molecular formula is C17H26N2O2. The Hall–Kier alpha value is -1.55. The molecule has 4 nitrogen and oxygen atoms in total. The summed E-state index contributed by atoms with van der Waals surface area (Å²) in [5, 5.41) is 0. The molecule has 1 amide bonds. The number of nitrogens with zero attached hydrogens (tertiary/aromatic N) is 2. The van der Waals surface area contributed by atoms with Crippen LogP contribution in [0.3, 0.4) is 0 Å². The Bertz CT molecular complexity index is 432. The number of rotatable bonds is 6. The van der Waals surface area contributed by atoms with Crippen molar-refractivity contribution < 1.29 is 9.53 Å². The van der Waals surface area contributed by atoms with E-state index in [0.29, 0.717) is 12.6 Å². The molecule has 1 atom stereocenters. The Morgan fingerprint density at radius 2 is 2.00 bits per heavy atom. The van der Waals surface area contributed by atoms with Gasteiger partial charge >= 0.3 is 6.09 Å². The number of benzene rings is 1. The van der Waals surface area contributed by atoms with Crippen LogP contribution in [0.2, 0.25) is 0 Å². The first-order valence-corrected chi connectivity index (χ1v) is 7.94. The van der Waals surface area contributed by atoms with E-state index in [4.69, 9.17) is 4.74 Å². The van der Waals surface area contributed by atoms with E-state index in [9.17, 15) is 4.79 Å². The van der Waals surface area contributed by atoms with Crippen molar-refractivity contribution in [2.75, 3.05) is 26.2 Å². The minimum atomic E-state index is -0.173. The van der Waals surface area contributed by atoms with E-state index in [-0.39, 0.29) is 6.09 Å². The lowest BCUT2D eigenvalue weighted by Crippen LogP contribution is -2.43. The molecule has 1 aliphatic heterocycles. The van der Waals surface area contributed by atoms with Gasteiger partial charge in [0.05, 0.1) is 0 Å². The van der Waals surface area contributed by atoms with Crippen molar-refractivity contribution in [3.05, 3.63) is 35.9 Å². The quantitative estimate of drug-likeness (QED) is 0.807. The topological polar surface area (TPSA) is 32.8 Å². The molecule has 0 aliphatic carbocycles. The van der Waals surface area contributed by atoms with Gasteiger partial charge < -0.3 is 14.5 Å². The van der Waals surface area contributed by atoms with Crippen molar-refractivity contribution in [1.82, 2.24) is 9.80 Å². The number of likely N-dealkylation sites (N-methyl/N-ethyl adjacent to an activating group) is 1. The lowest BCUT2D eigenvalue weighted by atomic mass is 10.2. The Balaban J connectivity index is 1.85. The van der Waals surface area contributed by atoms with Crippen molar-refractivity contribution in [3.8, 4) is 0 Å². The molecule has 2 rings (SSSR count). The molecule has 21 heavy (non-hydrogen) atoms. The maximum Gasteiger partial charge on any atom is 0.410 e. The highest BCUT2D eigenvalue weighted by molar-refractivity contribution is 5.68. The molecule has 1 aromatic rings. The van der Waals surface area contributed by atoms with Gasteiger partial charge in [-0.2, -0.15) is 0 Å². The molecule has 1 heterocycles. The van der Waals surface area contributed by atoms with E-state index in [1.54, 1.807) is 0 Å². The van der Waals surface area contributed by atoms with Crippen molar-refractivity contribution in [2.45, 2.75) is 39.3 Å². The zero-order valence-electron chi connectivity index (χ0n) is 13.1. The third-order valence-corrected chi connectivity index (χ3v) is 4.18. The largest absolute Gasteiger partial charge is 0.445 e. The molecule has 1 aliphatic rings. The molecule has 0 radical (unpaired) electrons. The summed E-state index contributed by atoms with van der Waals surface area (Å²) in [6.07, 6.45) is 1.98. The standard InChI is InChI=1S/C17H26N2O2/c1-3-18(4-2)13-16-11-8-12-19(16)17(20)21-14-15-9-6-5-7-10-15/h5-7,9-10,16H,3-4,8,11-14H2,1-2H3/t16-/m0/s1. The first-order valence-electron chi connectivity index (χ1n) is 7.94. The Morgan fingerprint density at radius 1 is 1.29 bits per heavy atom. The summed E-state index contributed by atoms with van der Waals surface area (Å²) in [6, 6.07) is 10.1. The maximum absolute atomic E-state index is 12.3. The van der Waals surface area contributed by atoms with Gasteiger partial charge in [-0.3, -0.25) is 0 Å². The molecule has 116 valence electrons. The van der Waals surface area contributed by atoms with Crippen molar-refractivity contribution in [1.29, 1.82) is 0 Å². The molecule has 0 unspecified atom stereocenters. The molecule has 0 aromatic heterocycles. The van der Waals surface area contributed by atoms with Gasteiger partial charge in [-0.25, -0.2) is 4.79 Å². The zero-order valence-corrected chi connectivity index (χ0v) is 13.1. The SMILES string of the molecule is CCN(CC)C[C@@H]1CCCN1C(=O)OCc1ccccc1. The number of likely N-dealkylation sites (tertiary alicyclic amines) is 1.